The summed E-state index contributed by atoms with van der Waals surface area (Å²) in [4.78, 5) is 11.5. The van der Waals surface area contributed by atoms with E-state index in [2.05, 4.69) is 28.2 Å². The van der Waals surface area contributed by atoms with Gasteiger partial charge in [0.2, 0.25) is 5.91 Å². The fourth-order valence-corrected chi connectivity index (χ4v) is 2.51. The quantitative estimate of drug-likeness (QED) is 0.898. The number of fused-ring (bicyclic) bond motifs is 1. The molecular weight excluding hydrogens is 296 g/mol. The second-order valence-electron chi connectivity index (χ2n) is 4.55. The van der Waals surface area contributed by atoms with E-state index in [1.807, 2.05) is 19.1 Å². The van der Waals surface area contributed by atoms with Crippen LogP contribution >= 0.6 is 15.9 Å². The molecule has 0 radical (unpaired) electrons. The molecule has 0 spiro atoms. The SMILES string of the molecule is CCCC(C)Oc1cc2c(cc1Br)C(N)C(=O)N2. The zero-order valence-corrected chi connectivity index (χ0v) is 12.1. The highest BCUT2D eigenvalue weighted by atomic mass is 79.9. The molecule has 18 heavy (non-hydrogen) atoms. The van der Waals surface area contributed by atoms with Crippen molar-refractivity contribution in [2.24, 2.45) is 5.73 Å². The van der Waals surface area contributed by atoms with Crippen molar-refractivity contribution in [1.82, 2.24) is 0 Å². The Bertz CT molecular complexity index is 476. The Morgan fingerprint density at radius 1 is 1.56 bits per heavy atom. The molecule has 1 aliphatic heterocycles. The third-order valence-electron chi connectivity index (χ3n) is 3.00. The van der Waals surface area contributed by atoms with Crippen molar-refractivity contribution in [3.05, 3.63) is 22.2 Å². The summed E-state index contributed by atoms with van der Waals surface area (Å²) in [6.07, 6.45) is 2.22. The molecule has 1 heterocycles. The largest absolute Gasteiger partial charge is 0.489 e. The fraction of sp³-hybridized carbons (Fsp3) is 0.462. The van der Waals surface area contributed by atoms with Gasteiger partial charge in [0.15, 0.2) is 0 Å². The van der Waals surface area contributed by atoms with E-state index in [1.54, 1.807) is 0 Å². The zero-order chi connectivity index (χ0) is 13.3. The number of hydrogen-bond acceptors (Lipinski definition) is 3. The number of anilines is 1. The van der Waals surface area contributed by atoms with Gasteiger partial charge in [-0.2, -0.15) is 0 Å². The monoisotopic (exact) mass is 312 g/mol. The summed E-state index contributed by atoms with van der Waals surface area (Å²) < 4.78 is 6.67. The van der Waals surface area contributed by atoms with Crippen LogP contribution in [0.25, 0.3) is 0 Å². The normalized spacial score (nSPS) is 19.3. The summed E-state index contributed by atoms with van der Waals surface area (Å²) in [5.41, 5.74) is 7.34. The molecule has 98 valence electrons. The average Bonchev–Trinajstić information content (AvgIpc) is 2.57. The fourth-order valence-electron chi connectivity index (χ4n) is 2.06. The third-order valence-corrected chi connectivity index (χ3v) is 3.62. The molecule has 2 unspecified atom stereocenters. The third kappa shape index (κ3) is 2.52. The van der Waals surface area contributed by atoms with Crippen LogP contribution in [0.15, 0.2) is 16.6 Å². The van der Waals surface area contributed by atoms with Crippen molar-refractivity contribution in [2.75, 3.05) is 5.32 Å². The minimum atomic E-state index is -0.585. The Labute approximate surface area is 115 Å². The summed E-state index contributed by atoms with van der Waals surface area (Å²) in [5, 5.41) is 2.76. The molecule has 1 aromatic rings. The molecular formula is C13H17BrN2O2. The lowest BCUT2D eigenvalue weighted by molar-refractivity contribution is -0.116. The summed E-state index contributed by atoms with van der Waals surface area (Å²) in [6.45, 7) is 4.16. The van der Waals surface area contributed by atoms with Crippen LogP contribution in [0.4, 0.5) is 5.69 Å². The first-order chi connectivity index (χ1) is 8.52. The number of rotatable bonds is 4. The molecule has 0 fully saturated rings. The molecule has 2 atom stereocenters. The van der Waals surface area contributed by atoms with Crippen LogP contribution in [0.1, 0.15) is 38.3 Å². The second-order valence-corrected chi connectivity index (χ2v) is 5.41. The number of nitrogens with one attached hydrogen (secondary N) is 1. The Morgan fingerprint density at radius 2 is 2.28 bits per heavy atom. The van der Waals surface area contributed by atoms with Gasteiger partial charge in [-0.1, -0.05) is 13.3 Å². The Balaban J connectivity index is 2.24. The highest BCUT2D eigenvalue weighted by Crippen LogP contribution is 2.38. The maximum atomic E-state index is 11.5. The molecule has 1 amide bonds. The van der Waals surface area contributed by atoms with Gasteiger partial charge in [-0.15, -0.1) is 0 Å². The number of nitrogens with two attached hydrogens (primary N) is 1. The Hall–Kier alpha value is -1.07. The van der Waals surface area contributed by atoms with E-state index in [0.717, 1.165) is 34.3 Å². The lowest BCUT2D eigenvalue weighted by atomic mass is 10.1. The van der Waals surface area contributed by atoms with Crippen molar-refractivity contribution < 1.29 is 9.53 Å². The number of carbonyl (C=O) groups excluding carboxylic acids is 1. The highest BCUT2D eigenvalue weighted by Gasteiger charge is 2.28. The van der Waals surface area contributed by atoms with Crippen LogP contribution in [-0.4, -0.2) is 12.0 Å². The number of benzene rings is 1. The maximum Gasteiger partial charge on any atom is 0.245 e. The summed E-state index contributed by atoms with van der Waals surface area (Å²) in [6, 6.07) is 3.10. The van der Waals surface area contributed by atoms with Gasteiger partial charge in [-0.3, -0.25) is 4.79 Å². The van der Waals surface area contributed by atoms with Gasteiger partial charge in [0, 0.05) is 17.3 Å². The lowest BCUT2D eigenvalue weighted by Crippen LogP contribution is -2.19. The molecule has 0 bridgehead atoms. The number of hydrogen-bond donors (Lipinski definition) is 2. The van der Waals surface area contributed by atoms with E-state index in [1.165, 1.54) is 0 Å². The number of amides is 1. The Kier molecular flexibility index (Phi) is 3.92. The summed E-state index contributed by atoms with van der Waals surface area (Å²) in [5.74, 6) is 0.569. The highest BCUT2D eigenvalue weighted by molar-refractivity contribution is 9.10. The molecule has 4 nitrogen and oxygen atoms in total. The first-order valence-corrected chi connectivity index (χ1v) is 6.88. The van der Waals surface area contributed by atoms with Gasteiger partial charge in [0.05, 0.1) is 10.6 Å². The van der Waals surface area contributed by atoms with Crippen molar-refractivity contribution in [3.8, 4) is 5.75 Å². The smallest absolute Gasteiger partial charge is 0.245 e. The lowest BCUT2D eigenvalue weighted by Gasteiger charge is -2.16. The predicted octanol–water partition coefficient (Wildman–Crippen LogP) is 2.97. The van der Waals surface area contributed by atoms with Gasteiger partial charge in [0.1, 0.15) is 11.8 Å². The van der Waals surface area contributed by atoms with Gasteiger partial charge >= 0.3 is 0 Å². The average molecular weight is 313 g/mol. The van der Waals surface area contributed by atoms with Crippen molar-refractivity contribution in [3.63, 3.8) is 0 Å². The van der Waals surface area contributed by atoms with Gasteiger partial charge in [-0.05, 0) is 35.3 Å². The van der Waals surface area contributed by atoms with E-state index in [0.29, 0.717) is 0 Å². The van der Waals surface area contributed by atoms with Crippen molar-refractivity contribution >= 4 is 27.5 Å². The standard InChI is InChI=1S/C13H17BrN2O2/c1-3-4-7(2)18-11-6-10-8(5-9(11)14)12(15)13(17)16-10/h5-7,12H,3-4,15H2,1-2H3,(H,16,17). The molecule has 3 N–H and O–H groups in total. The zero-order valence-electron chi connectivity index (χ0n) is 10.5. The van der Waals surface area contributed by atoms with Crippen molar-refractivity contribution in [1.29, 1.82) is 0 Å². The molecule has 5 heteroatoms. The first kappa shape index (κ1) is 13.4. The summed E-state index contributed by atoms with van der Waals surface area (Å²) >= 11 is 3.46. The maximum absolute atomic E-state index is 11.5. The van der Waals surface area contributed by atoms with E-state index in [4.69, 9.17) is 10.5 Å². The molecule has 0 aromatic heterocycles. The molecule has 0 saturated heterocycles. The van der Waals surface area contributed by atoms with Gasteiger partial charge in [0.25, 0.3) is 0 Å². The van der Waals surface area contributed by atoms with E-state index in [9.17, 15) is 4.79 Å². The van der Waals surface area contributed by atoms with Crippen LogP contribution in [0, 0.1) is 0 Å². The molecule has 1 aliphatic rings. The van der Waals surface area contributed by atoms with E-state index < -0.39 is 6.04 Å². The number of halogens is 1. The van der Waals surface area contributed by atoms with Gasteiger partial charge in [-0.25, -0.2) is 0 Å². The topological polar surface area (TPSA) is 64.3 Å². The summed E-state index contributed by atoms with van der Waals surface area (Å²) in [7, 11) is 0. The first-order valence-electron chi connectivity index (χ1n) is 6.09. The van der Waals surface area contributed by atoms with E-state index in [-0.39, 0.29) is 12.0 Å². The Morgan fingerprint density at radius 3 is 2.94 bits per heavy atom. The van der Waals surface area contributed by atoms with Crippen LogP contribution < -0.4 is 15.8 Å². The number of carbonyl (C=O) groups is 1. The van der Waals surface area contributed by atoms with E-state index >= 15 is 0 Å². The minimum Gasteiger partial charge on any atom is -0.489 e. The predicted molar refractivity (Wildman–Crippen MR) is 74.7 cm³/mol. The van der Waals surface area contributed by atoms with Crippen LogP contribution in [0.5, 0.6) is 5.75 Å². The van der Waals surface area contributed by atoms with Crippen LogP contribution in [0.3, 0.4) is 0 Å². The van der Waals surface area contributed by atoms with Crippen LogP contribution in [0.2, 0.25) is 0 Å². The van der Waals surface area contributed by atoms with Crippen molar-refractivity contribution in [2.45, 2.75) is 38.8 Å². The molecule has 0 aliphatic carbocycles. The molecule has 2 rings (SSSR count). The minimum absolute atomic E-state index is 0.148. The van der Waals surface area contributed by atoms with Crippen LogP contribution in [-0.2, 0) is 4.79 Å². The number of ether oxygens (including phenoxy) is 1. The molecule has 0 saturated carbocycles. The second kappa shape index (κ2) is 5.28. The van der Waals surface area contributed by atoms with Gasteiger partial charge < -0.3 is 15.8 Å². The molecule has 1 aromatic carbocycles.